The van der Waals surface area contributed by atoms with Crippen LogP contribution in [0, 0.1) is 0 Å². The Labute approximate surface area is 244 Å². The van der Waals surface area contributed by atoms with E-state index in [2.05, 4.69) is 10.2 Å². The van der Waals surface area contributed by atoms with Gasteiger partial charge in [0.25, 0.3) is 11.1 Å². The van der Waals surface area contributed by atoms with Crippen LogP contribution in [0.1, 0.15) is 37.7 Å². The first-order chi connectivity index (χ1) is 20.0. The van der Waals surface area contributed by atoms with E-state index in [1.165, 1.54) is 11.5 Å². The summed E-state index contributed by atoms with van der Waals surface area (Å²) >= 11 is 1.21. The van der Waals surface area contributed by atoms with Crippen LogP contribution in [0.5, 0.6) is 5.75 Å². The fraction of sp³-hybridized carbons (Fsp3) is 0.483. The van der Waals surface area contributed by atoms with E-state index in [9.17, 15) is 13.5 Å². The summed E-state index contributed by atoms with van der Waals surface area (Å²) in [4.78, 5) is 34.3. The predicted octanol–water partition coefficient (Wildman–Crippen LogP) is 4.33. The molecule has 9 nitrogen and oxygen atoms in total. The second-order valence-electron chi connectivity index (χ2n) is 11.3. The first kappa shape index (κ1) is 27.1. The highest BCUT2D eigenvalue weighted by Crippen LogP contribution is 2.34. The maximum atomic E-state index is 14.6. The predicted molar refractivity (Wildman–Crippen MR) is 161 cm³/mol. The van der Waals surface area contributed by atoms with E-state index in [-0.39, 0.29) is 41.8 Å². The number of likely N-dealkylation sites (tertiary alicyclic amines) is 1. The van der Waals surface area contributed by atoms with E-state index in [0.717, 1.165) is 54.7 Å². The number of hydrogen-bond acceptors (Lipinski definition) is 9. The maximum absolute atomic E-state index is 14.6. The molecule has 0 aliphatic carbocycles. The molecule has 0 radical (unpaired) electrons. The molecule has 3 aliphatic rings. The van der Waals surface area contributed by atoms with Gasteiger partial charge >= 0.3 is 0 Å². The van der Waals surface area contributed by atoms with E-state index in [0.29, 0.717) is 52.1 Å². The lowest BCUT2D eigenvalue weighted by Gasteiger charge is -2.32. The van der Waals surface area contributed by atoms with Gasteiger partial charge in [0.1, 0.15) is 23.6 Å². The molecule has 2 aromatic heterocycles. The monoisotopic (exact) mass is 597 g/mol. The topological polar surface area (TPSA) is 90.6 Å². The Kier molecular flexibility index (Phi) is 7.36. The van der Waals surface area contributed by atoms with Crippen LogP contribution in [-0.2, 0) is 17.8 Å². The number of ether oxygens (including phenoxy) is 2. The van der Waals surface area contributed by atoms with Crippen molar-refractivity contribution in [3.05, 3.63) is 56.6 Å². The Balaban J connectivity index is 1.42. The second-order valence-corrected chi connectivity index (χ2v) is 12.8. The van der Waals surface area contributed by atoms with Crippen molar-refractivity contribution < 1.29 is 13.4 Å². The summed E-state index contributed by atoms with van der Waals surface area (Å²) in [5.74, 6) is 0.528. The number of piperidine rings is 2. The Hall–Kier alpha value is -2.77. The summed E-state index contributed by atoms with van der Waals surface area (Å²) in [7, 11) is 1.74. The zero-order valence-electron chi connectivity index (χ0n) is 22.8. The van der Waals surface area contributed by atoms with Crippen molar-refractivity contribution >= 4 is 45.0 Å². The second kappa shape index (κ2) is 11.1. The summed E-state index contributed by atoms with van der Waals surface area (Å²) < 4.78 is 30.2. The molecular formula is C29H32FN5O4S2. The average molecular weight is 598 g/mol. The van der Waals surface area contributed by atoms with Gasteiger partial charge in [-0.05, 0) is 56.0 Å². The van der Waals surface area contributed by atoms with Crippen molar-refractivity contribution in [2.75, 3.05) is 26.8 Å². The van der Waals surface area contributed by atoms with Crippen molar-refractivity contribution in [1.82, 2.24) is 23.1 Å². The largest absolute Gasteiger partial charge is 0.490 e. The molecule has 1 N–H and O–H groups in total. The molecule has 3 unspecified atom stereocenters. The number of nitrogens with one attached hydrogen (secondary N) is 1. The Morgan fingerprint density at radius 3 is 2.88 bits per heavy atom. The van der Waals surface area contributed by atoms with Crippen LogP contribution in [-0.4, -0.2) is 62.8 Å². The molecule has 41 heavy (non-hydrogen) atoms. The number of aromatic nitrogens is 3. The highest BCUT2D eigenvalue weighted by molar-refractivity contribution is 7.92. The van der Waals surface area contributed by atoms with Gasteiger partial charge in [0.2, 0.25) is 0 Å². The highest BCUT2D eigenvalue weighted by Gasteiger charge is 2.27. The number of halogens is 1. The standard InChI is InChI=1S/C29H32FN5O4S2/c1-38-20-7-4-10-33(15-20)13-17-11-23-26-24(12-17)39-16-19-6-2-5-18(31-19)14-34-28(36)22-9-3-8-21(27(22)40-34)25(32-26)29(37)35(23)41-30/h3,8-9,11-12,18-20,31H,2,4-7,10,13-16H2,1H3. The zero-order valence-corrected chi connectivity index (χ0v) is 24.4. The van der Waals surface area contributed by atoms with E-state index in [1.54, 1.807) is 29.3 Å². The van der Waals surface area contributed by atoms with Crippen molar-refractivity contribution in [2.45, 2.75) is 63.4 Å². The van der Waals surface area contributed by atoms with E-state index >= 15 is 0 Å². The third-order valence-corrected chi connectivity index (χ3v) is 10.2. The van der Waals surface area contributed by atoms with Gasteiger partial charge < -0.3 is 14.8 Å². The van der Waals surface area contributed by atoms with Crippen LogP contribution in [0.15, 0.2) is 39.9 Å². The van der Waals surface area contributed by atoms with Gasteiger partial charge in [0, 0.05) is 37.8 Å². The van der Waals surface area contributed by atoms with Crippen molar-refractivity contribution in [1.29, 1.82) is 0 Å². The molecule has 2 aromatic carbocycles. The summed E-state index contributed by atoms with van der Waals surface area (Å²) in [5.41, 5.74) is 1.72. The van der Waals surface area contributed by atoms with Crippen LogP contribution in [0.25, 0.3) is 32.4 Å². The normalized spacial score (nSPS) is 23.2. The Bertz CT molecular complexity index is 1740. The number of benzene rings is 2. The zero-order chi connectivity index (χ0) is 28.1. The molecule has 7 rings (SSSR count). The lowest BCUT2D eigenvalue weighted by atomic mass is 9.99. The molecule has 12 heteroatoms. The summed E-state index contributed by atoms with van der Waals surface area (Å²) in [5, 5.41) is 4.23. The van der Waals surface area contributed by atoms with Gasteiger partial charge in [-0.3, -0.25) is 18.4 Å². The lowest BCUT2D eigenvalue weighted by Crippen LogP contribution is -2.47. The molecule has 0 saturated carbocycles. The van der Waals surface area contributed by atoms with E-state index < -0.39 is 5.56 Å². The fourth-order valence-corrected chi connectivity index (χ4v) is 8.04. The minimum absolute atomic E-state index is 0.0818. The Morgan fingerprint density at radius 1 is 1.15 bits per heavy atom. The molecule has 5 heterocycles. The van der Waals surface area contributed by atoms with Gasteiger partial charge in [0.15, 0.2) is 12.3 Å². The highest BCUT2D eigenvalue weighted by atomic mass is 32.2. The molecule has 3 aliphatic heterocycles. The molecule has 4 aromatic rings. The molecule has 216 valence electrons. The third kappa shape index (κ3) is 4.99. The minimum Gasteiger partial charge on any atom is -0.490 e. The van der Waals surface area contributed by atoms with Crippen LogP contribution in [0.3, 0.4) is 0 Å². The number of rotatable bonds is 4. The van der Waals surface area contributed by atoms with Gasteiger partial charge in [-0.2, -0.15) is 0 Å². The number of fused-ring (bicyclic) bond motifs is 5. The number of methoxy groups -OCH3 is 1. The maximum Gasteiger partial charge on any atom is 0.289 e. The van der Waals surface area contributed by atoms with Gasteiger partial charge in [-0.25, -0.2) is 8.96 Å². The van der Waals surface area contributed by atoms with Crippen LogP contribution in [0.4, 0.5) is 3.89 Å². The molecule has 2 fully saturated rings. The minimum atomic E-state index is -0.559. The molecule has 0 spiro atoms. The van der Waals surface area contributed by atoms with Gasteiger partial charge in [0.05, 0.1) is 28.3 Å². The SMILES string of the molecule is COC1CCCN(Cc2cc3c4nc(c(=O)n(SF)c4c2)-c2cccc4c(=O)n(sc24)CC2CCCC(CO3)N2)C1. The molecule has 0 amide bonds. The van der Waals surface area contributed by atoms with E-state index in [4.69, 9.17) is 14.5 Å². The van der Waals surface area contributed by atoms with E-state index in [1.807, 2.05) is 12.1 Å². The quantitative estimate of drug-likeness (QED) is 0.372. The number of nitrogens with zero attached hydrogens (tertiary/aromatic N) is 4. The van der Waals surface area contributed by atoms with Crippen molar-refractivity contribution in [3.63, 3.8) is 0 Å². The van der Waals surface area contributed by atoms with Crippen LogP contribution >= 0.6 is 23.9 Å². The smallest absolute Gasteiger partial charge is 0.289 e. The lowest BCUT2D eigenvalue weighted by molar-refractivity contribution is 0.0285. The molecule has 2 saturated heterocycles. The average Bonchev–Trinajstić information content (AvgIpc) is 3.30. The first-order valence-corrected chi connectivity index (χ1v) is 15.6. The molecule has 6 bridgehead atoms. The first-order valence-electron chi connectivity index (χ1n) is 14.2. The third-order valence-electron chi connectivity index (χ3n) is 8.55. The Morgan fingerprint density at radius 2 is 2.02 bits per heavy atom. The van der Waals surface area contributed by atoms with Crippen molar-refractivity contribution in [3.8, 4) is 17.0 Å². The van der Waals surface area contributed by atoms with Crippen molar-refractivity contribution in [2.24, 2.45) is 0 Å². The fourth-order valence-electron chi connectivity index (χ4n) is 6.51. The van der Waals surface area contributed by atoms with Crippen LogP contribution in [0.2, 0.25) is 0 Å². The number of hydrogen-bond donors (Lipinski definition) is 1. The molecule has 3 atom stereocenters. The summed E-state index contributed by atoms with van der Waals surface area (Å²) in [6.45, 7) is 3.33. The summed E-state index contributed by atoms with van der Waals surface area (Å²) in [6.07, 6.45) is 5.22. The van der Waals surface area contributed by atoms with Gasteiger partial charge in [-0.15, -0.1) is 3.89 Å². The molecular weight excluding hydrogens is 565 g/mol. The summed E-state index contributed by atoms with van der Waals surface area (Å²) in [6, 6.07) is 9.39. The van der Waals surface area contributed by atoms with Gasteiger partial charge in [-0.1, -0.05) is 30.1 Å². The van der Waals surface area contributed by atoms with Crippen LogP contribution < -0.4 is 21.2 Å².